The van der Waals surface area contributed by atoms with E-state index in [0.29, 0.717) is 18.8 Å². The van der Waals surface area contributed by atoms with Crippen LogP contribution in [0.2, 0.25) is 0 Å². The summed E-state index contributed by atoms with van der Waals surface area (Å²) < 4.78 is 0. The molecule has 6 nitrogen and oxygen atoms in total. The lowest BCUT2D eigenvalue weighted by Crippen LogP contribution is -2.39. The minimum absolute atomic E-state index is 0.153. The number of aliphatic carboxylic acids is 1. The highest BCUT2D eigenvalue weighted by atomic mass is 16.4. The lowest BCUT2D eigenvalue weighted by atomic mass is 9.86. The Morgan fingerprint density at radius 1 is 1.47 bits per heavy atom. The van der Waals surface area contributed by atoms with Crippen molar-refractivity contribution in [1.82, 2.24) is 20.3 Å². The summed E-state index contributed by atoms with van der Waals surface area (Å²) in [6, 6.07) is 0. The van der Waals surface area contributed by atoms with Crippen molar-refractivity contribution in [2.24, 2.45) is 5.92 Å². The molecule has 0 aromatic carbocycles. The van der Waals surface area contributed by atoms with Crippen molar-refractivity contribution in [1.29, 1.82) is 0 Å². The fourth-order valence-corrected chi connectivity index (χ4v) is 1.86. The maximum Gasteiger partial charge on any atom is 0.307 e. The van der Waals surface area contributed by atoms with Gasteiger partial charge < -0.3 is 10.4 Å². The Morgan fingerprint density at radius 3 is 2.87 bits per heavy atom. The first kappa shape index (κ1) is 9.97. The van der Waals surface area contributed by atoms with Crippen molar-refractivity contribution >= 4 is 5.97 Å². The molecule has 1 fully saturated rings. The fraction of sp³-hybridized carbons (Fsp3) is 0.556. The topological polar surface area (TPSA) is 88.0 Å². The van der Waals surface area contributed by atoms with Crippen LogP contribution in [0.15, 0.2) is 12.7 Å². The van der Waals surface area contributed by atoms with E-state index in [1.54, 1.807) is 0 Å². The minimum atomic E-state index is -0.776. The third kappa shape index (κ3) is 2.10. The van der Waals surface area contributed by atoms with Crippen molar-refractivity contribution in [3.63, 3.8) is 0 Å². The van der Waals surface area contributed by atoms with Gasteiger partial charge in [0.05, 0.1) is 5.92 Å². The van der Waals surface area contributed by atoms with E-state index in [0.717, 1.165) is 6.54 Å². The van der Waals surface area contributed by atoms with E-state index >= 15 is 0 Å². The van der Waals surface area contributed by atoms with Crippen LogP contribution in [-0.2, 0) is 4.79 Å². The molecule has 2 atom stereocenters. The molecular weight excluding hydrogens is 196 g/mol. The van der Waals surface area contributed by atoms with E-state index < -0.39 is 11.9 Å². The van der Waals surface area contributed by atoms with Crippen molar-refractivity contribution in [3.05, 3.63) is 18.5 Å². The van der Waals surface area contributed by atoms with E-state index in [4.69, 9.17) is 5.11 Å². The highest BCUT2D eigenvalue weighted by molar-refractivity contribution is 5.71. The number of hydrogen-bond donors (Lipinski definition) is 2. The first-order valence-electron chi connectivity index (χ1n) is 4.84. The fourth-order valence-electron chi connectivity index (χ4n) is 1.86. The normalized spacial score (nSPS) is 26.1. The summed E-state index contributed by atoms with van der Waals surface area (Å²) in [7, 11) is 0. The zero-order chi connectivity index (χ0) is 10.7. The van der Waals surface area contributed by atoms with Crippen molar-refractivity contribution < 1.29 is 9.90 Å². The van der Waals surface area contributed by atoms with E-state index in [9.17, 15) is 4.79 Å². The Kier molecular flexibility index (Phi) is 2.86. The predicted octanol–water partition coefficient (Wildman–Crippen LogP) is -0.351. The second kappa shape index (κ2) is 4.31. The van der Waals surface area contributed by atoms with Crippen LogP contribution >= 0.6 is 0 Å². The lowest BCUT2D eigenvalue weighted by Gasteiger charge is -2.27. The molecule has 0 aliphatic carbocycles. The standard InChI is InChI=1S/C9H12N4O2/c14-9(15)6-1-2-10-3-7(6)8-12-4-11-5-13-8/h4-7,10H,1-3H2,(H,14,15). The number of piperidine rings is 1. The first-order valence-corrected chi connectivity index (χ1v) is 4.84. The first-order chi connectivity index (χ1) is 7.29. The number of nitrogens with one attached hydrogen (secondary N) is 1. The van der Waals surface area contributed by atoms with Crippen LogP contribution in [0.5, 0.6) is 0 Å². The molecule has 2 unspecified atom stereocenters. The van der Waals surface area contributed by atoms with Gasteiger partial charge in [0.15, 0.2) is 0 Å². The van der Waals surface area contributed by atoms with E-state index in [-0.39, 0.29) is 5.92 Å². The van der Waals surface area contributed by atoms with Crippen LogP contribution in [0.3, 0.4) is 0 Å². The second-order valence-corrected chi connectivity index (χ2v) is 3.54. The molecule has 15 heavy (non-hydrogen) atoms. The smallest absolute Gasteiger partial charge is 0.307 e. The number of carboxylic acid groups (broad SMARTS) is 1. The van der Waals surface area contributed by atoms with E-state index in [1.165, 1.54) is 12.7 Å². The number of hydrogen-bond acceptors (Lipinski definition) is 5. The molecule has 2 heterocycles. The third-order valence-corrected chi connectivity index (χ3v) is 2.64. The third-order valence-electron chi connectivity index (χ3n) is 2.64. The van der Waals surface area contributed by atoms with Gasteiger partial charge in [-0.15, -0.1) is 0 Å². The Bertz CT molecular complexity index is 343. The van der Waals surface area contributed by atoms with Crippen LogP contribution in [0, 0.1) is 5.92 Å². The average molecular weight is 208 g/mol. The number of carboxylic acids is 1. The molecule has 1 aliphatic heterocycles. The molecule has 0 spiro atoms. The molecule has 1 saturated heterocycles. The number of nitrogens with zero attached hydrogens (tertiary/aromatic N) is 3. The molecule has 1 aliphatic rings. The molecule has 0 amide bonds. The largest absolute Gasteiger partial charge is 0.481 e. The van der Waals surface area contributed by atoms with Gasteiger partial charge in [0.2, 0.25) is 0 Å². The van der Waals surface area contributed by atoms with Crippen LogP contribution in [0.25, 0.3) is 0 Å². The summed E-state index contributed by atoms with van der Waals surface area (Å²) in [5.41, 5.74) is 0. The van der Waals surface area contributed by atoms with Crippen LogP contribution < -0.4 is 5.32 Å². The molecule has 0 saturated carbocycles. The molecule has 1 aromatic rings. The van der Waals surface area contributed by atoms with Crippen LogP contribution in [-0.4, -0.2) is 39.1 Å². The molecule has 2 rings (SSSR count). The Morgan fingerprint density at radius 2 is 2.20 bits per heavy atom. The molecule has 2 N–H and O–H groups in total. The van der Waals surface area contributed by atoms with Gasteiger partial charge in [0.25, 0.3) is 0 Å². The molecule has 1 aromatic heterocycles. The monoisotopic (exact) mass is 208 g/mol. The second-order valence-electron chi connectivity index (χ2n) is 3.54. The summed E-state index contributed by atoms with van der Waals surface area (Å²) >= 11 is 0. The molecule has 6 heteroatoms. The number of rotatable bonds is 2. The summed E-state index contributed by atoms with van der Waals surface area (Å²) in [5.74, 6) is -0.764. The molecule has 80 valence electrons. The Labute approximate surface area is 86.8 Å². The van der Waals surface area contributed by atoms with Crippen molar-refractivity contribution in [2.45, 2.75) is 12.3 Å². The van der Waals surface area contributed by atoms with Gasteiger partial charge in [-0.05, 0) is 13.0 Å². The zero-order valence-electron chi connectivity index (χ0n) is 8.13. The maximum atomic E-state index is 11.0. The van der Waals surface area contributed by atoms with Gasteiger partial charge in [-0.2, -0.15) is 0 Å². The van der Waals surface area contributed by atoms with E-state index in [1.807, 2.05) is 0 Å². The maximum absolute atomic E-state index is 11.0. The van der Waals surface area contributed by atoms with Crippen molar-refractivity contribution in [3.8, 4) is 0 Å². The highest BCUT2D eigenvalue weighted by Crippen LogP contribution is 2.26. The minimum Gasteiger partial charge on any atom is -0.481 e. The van der Waals surface area contributed by atoms with Crippen molar-refractivity contribution in [2.75, 3.05) is 13.1 Å². The van der Waals surface area contributed by atoms with Gasteiger partial charge >= 0.3 is 5.97 Å². The summed E-state index contributed by atoms with van der Waals surface area (Å²) in [4.78, 5) is 22.8. The molecule has 0 radical (unpaired) electrons. The van der Waals surface area contributed by atoms with Gasteiger partial charge in [0, 0.05) is 12.5 Å². The number of carbonyl (C=O) groups is 1. The Balaban J connectivity index is 2.22. The highest BCUT2D eigenvalue weighted by Gasteiger charge is 2.33. The summed E-state index contributed by atoms with van der Waals surface area (Å²) in [6.45, 7) is 1.35. The molecule has 0 bridgehead atoms. The predicted molar refractivity (Wildman–Crippen MR) is 51.2 cm³/mol. The van der Waals surface area contributed by atoms with Gasteiger partial charge in [-0.3, -0.25) is 4.79 Å². The lowest BCUT2D eigenvalue weighted by molar-refractivity contribution is -0.143. The Hall–Kier alpha value is -1.56. The van der Waals surface area contributed by atoms with Crippen LogP contribution in [0.1, 0.15) is 18.2 Å². The SMILES string of the molecule is O=C(O)C1CCNCC1c1ncncn1. The molecular formula is C9H12N4O2. The quantitative estimate of drug-likeness (QED) is 0.690. The summed E-state index contributed by atoms with van der Waals surface area (Å²) in [5, 5.41) is 12.2. The summed E-state index contributed by atoms with van der Waals surface area (Å²) in [6.07, 6.45) is 3.41. The number of aromatic nitrogens is 3. The van der Waals surface area contributed by atoms with Crippen LogP contribution in [0.4, 0.5) is 0 Å². The van der Waals surface area contributed by atoms with Gasteiger partial charge in [-0.25, -0.2) is 15.0 Å². The average Bonchev–Trinajstić information content (AvgIpc) is 2.30. The zero-order valence-corrected chi connectivity index (χ0v) is 8.13. The van der Waals surface area contributed by atoms with E-state index in [2.05, 4.69) is 20.3 Å². The van der Waals surface area contributed by atoms with Gasteiger partial charge in [0.1, 0.15) is 18.5 Å². The van der Waals surface area contributed by atoms with Gasteiger partial charge in [-0.1, -0.05) is 0 Å².